The first kappa shape index (κ1) is 50.3. The molecule has 5 aliphatic rings. The minimum atomic E-state index is -1.23. The fourth-order valence-electron chi connectivity index (χ4n) is 11.3. The lowest BCUT2D eigenvalue weighted by molar-refractivity contribution is -0.145. The largest absolute Gasteiger partial charge is 0.508 e. The van der Waals surface area contributed by atoms with E-state index in [1.807, 2.05) is 25.1 Å². The van der Waals surface area contributed by atoms with Gasteiger partial charge in [0.05, 0.1) is 48.2 Å². The quantitative estimate of drug-likeness (QED) is 0.109. The number of hydrazone groups is 1. The standard InChI is InChI=1S/C55H67N9O8/c1-8-63-43-18-17-35-27-39(43)40(48(63)38-15-11-21-57-45(38)32(2)71-7)28-54(3,4)31-72-53(70)41-16-12-22-64(60-41)51(68)42(25-33-23-36(35)26-37(65)24-33)58-50(67)47(34-13-9-10-14-34)62(6)44(66)29-61(5)52(69)46-49(59-46)55(30-56)19-20-55/h11,15,17-18,21,23-24,26-27,32,34,42,46-47,49,59,65H,8-10,12-14,16,19-20,22,25,28-29,31H2,1-7H3,(H,58,67)/t32-,42-,46+,47-,49-/m0/s1. The molecule has 5 heterocycles. The van der Waals surface area contributed by atoms with E-state index in [9.17, 15) is 34.3 Å². The van der Waals surface area contributed by atoms with Crippen LogP contribution in [0.1, 0.15) is 102 Å². The van der Waals surface area contributed by atoms with Gasteiger partial charge in [-0.05, 0) is 117 Å². The summed E-state index contributed by atoms with van der Waals surface area (Å²) in [6, 6.07) is 14.8. The molecule has 3 fully saturated rings. The Kier molecular flexibility index (Phi) is 14.0. The van der Waals surface area contributed by atoms with Gasteiger partial charge in [0.1, 0.15) is 29.6 Å². The number of hydrogen-bond acceptors (Lipinski definition) is 12. The lowest BCUT2D eigenvalue weighted by Crippen LogP contribution is -2.58. The average Bonchev–Trinajstić information content (AvgIpc) is 4.28. The molecule has 2 aliphatic carbocycles. The molecular formula is C55H67N9O8. The zero-order chi connectivity index (χ0) is 51.2. The second-order valence-electron chi connectivity index (χ2n) is 21.4. The van der Waals surface area contributed by atoms with E-state index in [1.165, 1.54) is 14.8 Å². The molecule has 3 N–H and O–H groups in total. The van der Waals surface area contributed by atoms with Crippen LogP contribution in [0, 0.1) is 28.1 Å². The molecule has 4 aromatic rings. The Hall–Kier alpha value is -6.64. The molecule has 9 rings (SSSR count). The molecule has 0 radical (unpaired) electrons. The summed E-state index contributed by atoms with van der Waals surface area (Å²) >= 11 is 0. The summed E-state index contributed by atoms with van der Waals surface area (Å²) in [5, 5.41) is 34.0. The number of carbonyl (C=O) groups excluding carboxylic acids is 5. The number of fused-ring (bicyclic) bond motifs is 5. The van der Waals surface area contributed by atoms with Crippen molar-refractivity contribution in [1.29, 1.82) is 5.26 Å². The number of cyclic esters (lactones) is 1. The van der Waals surface area contributed by atoms with E-state index >= 15 is 0 Å². The van der Waals surface area contributed by atoms with Crippen LogP contribution >= 0.6 is 0 Å². The summed E-state index contributed by atoms with van der Waals surface area (Å²) in [6.45, 7) is 8.80. The van der Waals surface area contributed by atoms with Crippen molar-refractivity contribution in [3.05, 3.63) is 71.5 Å². The molecule has 17 heteroatoms. The molecule has 6 bridgehead atoms. The Morgan fingerprint density at radius 2 is 1.83 bits per heavy atom. The summed E-state index contributed by atoms with van der Waals surface area (Å²) in [6.07, 6.45) is 7.23. The van der Waals surface area contributed by atoms with Crippen LogP contribution in [0.5, 0.6) is 5.75 Å². The Morgan fingerprint density at radius 3 is 2.54 bits per heavy atom. The van der Waals surface area contributed by atoms with Crippen LogP contribution in [0.15, 0.2) is 59.8 Å². The van der Waals surface area contributed by atoms with E-state index in [1.54, 1.807) is 39.5 Å². The lowest BCUT2D eigenvalue weighted by Gasteiger charge is -2.34. The van der Waals surface area contributed by atoms with Crippen molar-refractivity contribution < 1.29 is 38.6 Å². The Balaban J connectivity index is 1.08. The minimum Gasteiger partial charge on any atom is -0.508 e. The summed E-state index contributed by atoms with van der Waals surface area (Å²) in [5.41, 5.74) is 5.80. The fourth-order valence-corrected chi connectivity index (χ4v) is 11.3. The van der Waals surface area contributed by atoms with E-state index in [0.29, 0.717) is 49.8 Å². The Bertz CT molecular complexity index is 2870. The number of likely N-dealkylation sites (N-methyl/N-ethyl adjacent to an activating group) is 2. The van der Waals surface area contributed by atoms with Gasteiger partial charge < -0.3 is 34.3 Å². The highest BCUT2D eigenvalue weighted by molar-refractivity contribution is 6.36. The number of aryl methyl sites for hydroxylation is 1. The van der Waals surface area contributed by atoms with Crippen molar-refractivity contribution in [2.45, 2.75) is 129 Å². The maximum Gasteiger partial charge on any atom is 0.354 e. The van der Waals surface area contributed by atoms with Crippen molar-refractivity contribution in [2.24, 2.45) is 21.8 Å². The third-order valence-corrected chi connectivity index (χ3v) is 15.6. The first-order valence-corrected chi connectivity index (χ1v) is 25.5. The van der Waals surface area contributed by atoms with Crippen molar-refractivity contribution in [3.63, 3.8) is 0 Å². The normalized spacial score (nSPS) is 22.4. The van der Waals surface area contributed by atoms with Gasteiger partial charge in [0, 0.05) is 75.2 Å². The molecule has 17 nitrogen and oxygen atoms in total. The summed E-state index contributed by atoms with van der Waals surface area (Å²) in [7, 11) is 4.78. The van der Waals surface area contributed by atoms with Crippen LogP contribution in [0.3, 0.4) is 0 Å². The van der Waals surface area contributed by atoms with Gasteiger partial charge in [-0.1, -0.05) is 38.8 Å². The van der Waals surface area contributed by atoms with E-state index in [4.69, 9.17) is 14.5 Å². The van der Waals surface area contributed by atoms with E-state index < -0.39 is 52.6 Å². The number of amides is 4. The fraction of sp³-hybridized carbons (Fsp3) is 0.527. The smallest absolute Gasteiger partial charge is 0.354 e. The van der Waals surface area contributed by atoms with Crippen molar-refractivity contribution >= 4 is 46.2 Å². The number of phenols is 1. The van der Waals surface area contributed by atoms with Gasteiger partial charge in [-0.15, -0.1) is 0 Å². The number of aromatic nitrogens is 2. The zero-order valence-electron chi connectivity index (χ0n) is 42.5. The predicted molar refractivity (Wildman–Crippen MR) is 270 cm³/mol. The molecule has 380 valence electrons. The monoisotopic (exact) mass is 982 g/mol. The van der Waals surface area contributed by atoms with Gasteiger partial charge >= 0.3 is 5.97 Å². The third kappa shape index (κ3) is 9.95. The van der Waals surface area contributed by atoms with Crippen molar-refractivity contribution in [3.8, 4) is 34.2 Å². The number of ether oxygens (including phenoxy) is 2. The molecule has 4 amide bonds. The van der Waals surface area contributed by atoms with Crippen LogP contribution < -0.4 is 10.6 Å². The van der Waals surface area contributed by atoms with Gasteiger partial charge in [0.15, 0.2) is 0 Å². The number of benzene rings is 2. The van der Waals surface area contributed by atoms with Gasteiger partial charge in [-0.3, -0.25) is 29.5 Å². The number of carbonyl (C=O) groups is 5. The zero-order valence-corrected chi connectivity index (χ0v) is 42.5. The summed E-state index contributed by atoms with van der Waals surface area (Å²) in [5.74, 6) is -2.68. The van der Waals surface area contributed by atoms with Gasteiger partial charge in [0.2, 0.25) is 17.7 Å². The maximum atomic E-state index is 14.9. The van der Waals surface area contributed by atoms with Crippen molar-refractivity contribution in [1.82, 2.24) is 35.0 Å². The highest BCUT2D eigenvalue weighted by atomic mass is 16.5. The topological polar surface area (TPSA) is 222 Å². The molecule has 2 saturated carbocycles. The average molecular weight is 982 g/mol. The van der Waals surface area contributed by atoms with E-state index in [2.05, 4.69) is 65.3 Å². The Morgan fingerprint density at radius 1 is 1.07 bits per heavy atom. The van der Waals surface area contributed by atoms with Crippen LogP contribution in [0.25, 0.3) is 33.3 Å². The van der Waals surface area contributed by atoms with Crippen molar-refractivity contribution in [2.75, 3.05) is 40.9 Å². The molecule has 72 heavy (non-hydrogen) atoms. The lowest BCUT2D eigenvalue weighted by atomic mass is 9.84. The number of esters is 1. The molecule has 0 unspecified atom stereocenters. The van der Waals surface area contributed by atoms with Crippen LogP contribution in [0.2, 0.25) is 0 Å². The predicted octanol–water partition coefficient (Wildman–Crippen LogP) is 6.05. The SMILES string of the molecule is CCn1c(-c2cccnc2[C@H](C)OC)c2c3cc(ccc31)-c1cc(O)cc(c1)C[C@H](NC(=O)[C@H](C1CCCC1)N(C)C(=O)CN(C)C(=O)[C@@H]1N[C@@H]1C1(C#N)CC1)C(=O)N1CCCC(=N1)C(=O)OCC(C)(C)C2. The van der Waals surface area contributed by atoms with Gasteiger partial charge in [-0.2, -0.15) is 10.4 Å². The molecule has 5 atom stereocenters. The number of aromatic hydroxyl groups is 1. The molecule has 3 aliphatic heterocycles. The Labute approximate surface area is 420 Å². The minimum absolute atomic E-state index is 0.0299. The number of hydrogen-bond donors (Lipinski definition) is 3. The third-order valence-electron chi connectivity index (χ3n) is 15.6. The first-order valence-electron chi connectivity index (χ1n) is 25.5. The van der Waals surface area contributed by atoms with Gasteiger partial charge in [0.25, 0.3) is 5.91 Å². The molecular weight excluding hydrogens is 915 g/mol. The first-order chi connectivity index (χ1) is 34.5. The maximum absolute atomic E-state index is 14.9. The van der Waals surface area contributed by atoms with Crippen LogP contribution in [-0.2, 0) is 52.8 Å². The summed E-state index contributed by atoms with van der Waals surface area (Å²) < 4.78 is 14.2. The number of methoxy groups -OCH3 is 1. The number of nitriles is 1. The highest BCUT2D eigenvalue weighted by Gasteiger charge is 2.63. The van der Waals surface area contributed by atoms with Gasteiger partial charge in [-0.25, -0.2) is 9.80 Å². The number of pyridine rings is 1. The van der Waals surface area contributed by atoms with Crippen LogP contribution in [0.4, 0.5) is 0 Å². The molecule has 1 saturated heterocycles. The van der Waals surface area contributed by atoms with Crippen LogP contribution in [-0.4, -0.2) is 130 Å². The number of nitrogens with zero attached hydrogens (tertiary/aromatic N) is 7. The summed E-state index contributed by atoms with van der Waals surface area (Å²) in [4.78, 5) is 78.8. The second kappa shape index (κ2) is 20.1. The number of phenolic OH excluding ortho intramolecular Hbond substituents is 1. The second-order valence-corrected chi connectivity index (χ2v) is 21.4. The molecule has 2 aromatic carbocycles. The number of rotatable bonds is 12. The molecule has 0 spiro atoms. The molecule has 2 aromatic heterocycles. The van der Waals surface area contributed by atoms with E-state index in [-0.39, 0.29) is 61.5 Å². The van der Waals surface area contributed by atoms with E-state index in [0.717, 1.165) is 64.7 Å². The number of nitrogens with one attached hydrogen (secondary N) is 2. The highest BCUT2D eigenvalue weighted by Crippen LogP contribution is 2.53.